The highest BCUT2D eigenvalue weighted by molar-refractivity contribution is 5.87. The van der Waals surface area contributed by atoms with Gasteiger partial charge in [0.05, 0.1) is 0 Å². The lowest BCUT2D eigenvalue weighted by Crippen LogP contribution is -2.65. The molecule has 6 heteroatoms. The number of fused-ring (bicyclic) bond motifs is 6. The SMILES string of the molecule is O=C(/C=C/c1ccc(O)c(O)c1)OC1CCN2[C@@H]3C[C@@H](C[C@@H]2C1)N1CCCC[C@@H]1C3. The number of hydrogen-bond acceptors (Lipinski definition) is 6. The normalized spacial score (nSPS) is 34.3. The van der Waals surface area contributed by atoms with Crippen LogP contribution < -0.4 is 0 Å². The molecule has 1 unspecified atom stereocenters. The van der Waals surface area contributed by atoms with Crippen LogP contribution in [0, 0.1) is 0 Å². The number of carbonyl (C=O) groups excluding carboxylic acids is 1. The number of esters is 1. The number of piperidine rings is 4. The molecule has 6 nitrogen and oxygen atoms in total. The number of rotatable bonds is 3. The summed E-state index contributed by atoms with van der Waals surface area (Å²) in [7, 11) is 0. The molecule has 162 valence electrons. The van der Waals surface area contributed by atoms with E-state index in [0.717, 1.165) is 25.4 Å². The van der Waals surface area contributed by atoms with E-state index < -0.39 is 0 Å². The topological polar surface area (TPSA) is 73.2 Å². The standard InChI is InChI=1S/C24H32N2O4/c27-22-6-4-16(11-23(22)28)5-7-24(29)30-21-8-10-26-18-12-17-3-1-2-9-25(17)19(13-18)14-20(26)15-21/h4-7,11,17-21,27-28H,1-3,8-10,12-15H2/b7-5+/t17-,18+,19+,20-,21?/m1/s1. The van der Waals surface area contributed by atoms with E-state index in [0.29, 0.717) is 23.7 Å². The molecule has 0 aromatic heterocycles. The van der Waals surface area contributed by atoms with E-state index >= 15 is 0 Å². The number of nitrogens with zero attached hydrogens (tertiary/aromatic N) is 2. The lowest BCUT2D eigenvalue weighted by molar-refractivity contribution is -0.149. The van der Waals surface area contributed by atoms with E-state index in [1.54, 1.807) is 12.1 Å². The molecule has 30 heavy (non-hydrogen) atoms. The van der Waals surface area contributed by atoms with Gasteiger partial charge in [0.25, 0.3) is 0 Å². The summed E-state index contributed by atoms with van der Waals surface area (Å²) in [4.78, 5) is 17.9. The lowest BCUT2D eigenvalue weighted by Gasteiger charge is -2.58. The molecule has 1 aromatic carbocycles. The Balaban J connectivity index is 1.18. The summed E-state index contributed by atoms with van der Waals surface area (Å²) < 4.78 is 5.77. The monoisotopic (exact) mass is 412 g/mol. The van der Waals surface area contributed by atoms with Gasteiger partial charge in [-0.25, -0.2) is 4.79 Å². The fourth-order valence-corrected chi connectivity index (χ4v) is 6.30. The van der Waals surface area contributed by atoms with E-state index in [1.165, 1.54) is 63.3 Å². The first-order chi connectivity index (χ1) is 14.6. The highest BCUT2D eigenvalue weighted by Gasteiger charge is 2.47. The number of hydrogen-bond donors (Lipinski definition) is 2. The molecule has 0 aliphatic carbocycles. The van der Waals surface area contributed by atoms with Crippen LogP contribution in [0.2, 0.25) is 0 Å². The Morgan fingerprint density at radius 3 is 2.43 bits per heavy atom. The Labute approximate surface area is 178 Å². The minimum Gasteiger partial charge on any atom is -0.504 e. The van der Waals surface area contributed by atoms with Crippen LogP contribution >= 0.6 is 0 Å². The number of benzene rings is 1. The van der Waals surface area contributed by atoms with Crippen molar-refractivity contribution in [3.8, 4) is 11.5 Å². The maximum absolute atomic E-state index is 12.3. The molecule has 2 N–H and O–H groups in total. The smallest absolute Gasteiger partial charge is 0.331 e. The predicted molar refractivity (Wildman–Crippen MR) is 114 cm³/mol. The highest BCUT2D eigenvalue weighted by atomic mass is 16.5. The first-order valence-electron chi connectivity index (χ1n) is 11.5. The van der Waals surface area contributed by atoms with E-state index in [4.69, 9.17) is 4.74 Å². The Morgan fingerprint density at radius 2 is 1.63 bits per heavy atom. The fourth-order valence-electron chi connectivity index (χ4n) is 6.30. The quantitative estimate of drug-likeness (QED) is 0.451. The average Bonchev–Trinajstić information content (AvgIpc) is 2.74. The van der Waals surface area contributed by atoms with Crippen molar-refractivity contribution in [1.82, 2.24) is 9.80 Å². The summed E-state index contributed by atoms with van der Waals surface area (Å²) in [6, 6.07) is 7.23. The second kappa shape index (κ2) is 8.23. The Kier molecular flexibility index (Phi) is 5.46. The van der Waals surface area contributed by atoms with Crippen LogP contribution in [-0.2, 0) is 9.53 Å². The molecule has 0 amide bonds. The average molecular weight is 413 g/mol. The molecule has 4 aliphatic heterocycles. The first-order valence-corrected chi connectivity index (χ1v) is 11.5. The zero-order chi connectivity index (χ0) is 20.7. The van der Waals surface area contributed by atoms with E-state index in [1.807, 2.05) is 0 Å². The van der Waals surface area contributed by atoms with Gasteiger partial charge in [0, 0.05) is 43.2 Å². The van der Waals surface area contributed by atoms with Gasteiger partial charge in [0.15, 0.2) is 11.5 Å². The van der Waals surface area contributed by atoms with E-state index in [-0.39, 0.29) is 23.6 Å². The molecular weight excluding hydrogens is 380 g/mol. The van der Waals surface area contributed by atoms with Gasteiger partial charge >= 0.3 is 5.97 Å². The van der Waals surface area contributed by atoms with Crippen molar-refractivity contribution in [3.63, 3.8) is 0 Å². The third-order valence-corrected chi connectivity index (χ3v) is 7.65. The number of phenolic OH excluding ortho intramolecular Hbond substituents is 2. The largest absolute Gasteiger partial charge is 0.504 e. The van der Waals surface area contributed by atoms with Crippen LogP contribution in [0.25, 0.3) is 6.08 Å². The van der Waals surface area contributed by atoms with Crippen LogP contribution in [-0.4, -0.2) is 69.3 Å². The minimum atomic E-state index is -0.340. The molecule has 4 saturated heterocycles. The molecule has 5 atom stereocenters. The predicted octanol–water partition coefficient (Wildman–Crippen LogP) is 3.28. The van der Waals surface area contributed by atoms with Crippen molar-refractivity contribution < 1.29 is 19.7 Å². The lowest BCUT2D eigenvalue weighted by atomic mass is 9.76. The summed E-state index contributed by atoms with van der Waals surface area (Å²) in [5.74, 6) is -0.709. The van der Waals surface area contributed by atoms with Crippen LogP contribution in [0.3, 0.4) is 0 Å². The van der Waals surface area contributed by atoms with Crippen molar-refractivity contribution in [3.05, 3.63) is 29.8 Å². The molecule has 0 saturated carbocycles. The molecule has 4 heterocycles. The van der Waals surface area contributed by atoms with Gasteiger partial charge in [-0.05, 0) is 68.8 Å². The van der Waals surface area contributed by atoms with E-state index in [9.17, 15) is 15.0 Å². The zero-order valence-electron chi connectivity index (χ0n) is 17.4. The number of ether oxygens (including phenoxy) is 1. The summed E-state index contributed by atoms with van der Waals surface area (Å²) in [6.07, 6.45) is 12.8. The Morgan fingerprint density at radius 1 is 0.900 bits per heavy atom. The van der Waals surface area contributed by atoms with Crippen molar-refractivity contribution in [2.24, 2.45) is 0 Å². The fraction of sp³-hybridized carbons (Fsp3) is 0.625. The minimum absolute atomic E-state index is 0.0207. The van der Waals surface area contributed by atoms with Crippen molar-refractivity contribution >= 4 is 12.0 Å². The van der Waals surface area contributed by atoms with Crippen molar-refractivity contribution in [1.29, 1.82) is 0 Å². The molecule has 5 rings (SSSR count). The summed E-state index contributed by atoms with van der Waals surface area (Å²) in [5, 5.41) is 19.0. The van der Waals surface area contributed by atoms with Gasteiger partial charge in [-0.1, -0.05) is 12.5 Å². The molecule has 0 spiro atoms. The summed E-state index contributed by atoms with van der Waals surface area (Å²) >= 11 is 0. The van der Waals surface area contributed by atoms with Crippen molar-refractivity contribution in [2.75, 3.05) is 13.1 Å². The number of carbonyl (C=O) groups is 1. The number of aromatic hydroxyl groups is 2. The molecule has 1 aromatic rings. The highest BCUT2D eigenvalue weighted by Crippen LogP contribution is 2.42. The molecule has 0 radical (unpaired) electrons. The maximum atomic E-state index is 12.3. The zero-order valence-corrected chi connectivity index (χ0v) is 17.4. The molecular formula is C24H32N2O4. The van der Waals surface area contributed by atoms with E-state index in [2.05, 4.69) is 9.80 Å². The molecule has 4 aliphatic rings. The van der Waals surface area contributed by atoms with Crippen LogP contribution in [0.4, 0.5) is 0 Å². The summed E-state index contributed by atoms with van der Waals surface area (Å²) in [5.41, 5.74) is 0.647. The second-order valence-electron chi connectivity index (χ2n) is 9.46. The van der Waals surface area contributed by atoms with Crippen LogP contribution in [0.15, 0.2) is 24.3 Å². The summed E-state index contributed by atoms with van der Waals surface area (Å²) in [6.45, 7) is 2.30. The number of phenols is 2. The van der Waals surface area contributed by atoms with Gasteiger partial charge in [-0.2, -0.15) is 0 Å². The van der Waals surface area contributed by atoms with Gasteiger partial charge in [0.1, 0.15) is 6.10 Å². The van der Waals surface area contributed by atoms with Gasteiger partial charge in [0.2, 0.25) is 0 Å². The third kappa shape index (κ3) is 3.95. The van der Waals surface area contributed by atoms with Crippen molar-refractivity contribution in [2.45, 2.75) is 81.6 Å². The van der Waals surface area contributed by atoms with Crippen LogP contribution in [0.1, 0.15) is 56.9 Å². The Bertz CT molecular complexity index is 825. The molecule has 2 bridgehead atoms. The van der Waals surface area contributed by atoms with Gasteiger partial charge < -0.3 is 14.9 Å². The second-order valence-corrected chi connectivity index (χ2v) is 9.46. The maximum Gasteiger partial charge on any atom is 0.331 e. The van der Waals surface area contributed by atoms with Crippen LogP contribution in [0.5, 0.6) is 11.5 Å². The first kappa shape index (κ1) is 19.9. The Hall–Kier alpha value is -2.05. The van der Waals surface area contributed by atoms with Gasteiger partial charge in [-0.15, -0.1) is 0 Å². The molecule has 4 fully saturated rings. The third-order valence-electron chi connectivity index (χ3n) is 7.65. The van der Waals surface area contributed by atoms with Gasteiger partial charge in [-0.3, -0.25) is 9.80 Å².